The number of ether oxygens (including phenoxy) is 3. The second-order valence-electron chi connectivity index (χ2n) is 5.66. The maximum atomic E-state index is 12.6. The van der Waals surface area contributed by atoms with E-state index in [-0.39, 0.29) is 19.0 Å². The lowest BCUT2D eigenvalue weighted by Crippen LogP contribution is -2.54. The van der Waals surface area contributed by atoms with Crippen LogP contribution in [0.15, 0.2) is 18.2 Å². The quantitative estimate of drug-likeness (QED) is 0.834. The molecule has 0 atom stereocenters. The van der Waals surface area contributed by atoms with Gasteiger partial charge in [0.05, 0.1) is 25.5 Å². The molecule has 24 heavy (non-hydrogen) atoms. The Morgan fingerprint density at radius 3 is 2.58 bits per heavy atom. The summed E-state index contributed by atoms with van der Waals surface area (Å²) in [5.41, 5.74) is -0.294. The number of benzene rings is 1. The molecule has 0 radical (unpaired) electrons. The van der Waals surface area contributed by atoms with Crippen LogP contribution in [-0.4, -0.2) is 50.9 Å². The fourth-order valence-electron chi connectivity index (χ4n) is 2.38. The molecule has 0 saturated heterocycles. The average molecular weight is 336 g/mol. The van der Waals surface area contributed by atoms with Gasteiger partial charge in [-0.15, -0.1) is 0 Å². The minimum Gasteiger partial charge on any atom is -0.476 e. The van der Waals surface area contributed by atoms with E-state index in [9.17, 15) is 14.4 Å². The summed E-state index contributed by atoms with van der Waals surface area (Å²) in [4.78, 5) is 37.0. The highest BCUT2D eigenvalue weighted by Gasteiger charge is 2.41. The van der Waals surface area contributed by atoms with Gasteiger partial charge in [-0.3, -0.25) is 4.79 Å². The van der Waals surface area contributed by atoms with Gasteiger partial charge in [0.25, 0.3) is 5.91 Å². The first-order valence-corrected chi connectivity index (χ1v) is 7.35. The van der Waals surface area contributed by atoms with Crippen LogP contribution in [0.1, 0.15) is 24.2 Å². The van der Waals surface area contributed by atoms with Crippen molar-refractivity contribution in [3.63, 3.8) is 0 Å². The van der Waals surface area contributed by atoms with Crippen molar-refractivity contribution in [2.75, 3.05) is 32.2 Å². The highest BCUT2D eigenvalue weighted by atomic mass is 16.5. The van der Waals surface area contributed by atoms with Crippen molar-refractivity contribution in [2.45, 2.75) is 19.4 Å². The van der Waals surface area contributed by atoms with Crippen LogP contribution in [0.2, 0.25) is 0 Å². The van der Waals surface area contributed by atoms with E-state index in [2.05, 4.69) is 10.1 Å². The van der Waals surface area contributed by atoms with Crippen molar-refractivity contribution < 1.29 is 28.6 Å². The standard InChI is InChI=1S/C16H20N2O6/c1-16(2)14(20)18(8-7-17-15(21)23-4)11-9-10(13(19)22-3)5-6-12(11)24-16/h5-6,9H,7-8H2,1-4H3,(H,17,21). The number of rotatable bonds is 4. The summed E-state index contributed by atoms with van der Waals surface area (Å²) >= 11 is 0. The highest BCUT2D eigenvalue weighted by molar-refractivity contribution is 6.03. The van der Waals surface area contributed by atoms with Crippen LogP contribution >= 0.6 is 0 Å². The van der Waals surface area contributed by atoms with Crippen LogP contribution in [0.3, 0.4) is 0 Å². The second kappa shape index (κ2) is 6.77. The van der Waals surface area contributed by atoms with Gasteiger partial charge >= 0.3 is 12.1 Å². The number of alkyl carbamates (subject to hydrolysis) is 1. The largest absolute Gasteiger partial charge is 0.476 e. The SMILES string of the molecule is COC(=O)NCCN1C(=O)C(C)(C)Oc2ccc(C(=O)OC)cc21. The minimum absolute atomic E-state index is 0.191. The van der Waals surface area contributed by atoms with E-state index in [1.807, 2.05) is 0 Å². The van der Waals surface area contributed by atoms with Crippen molar-refractivity contribution in [3.05, 3.63) is 23.8 Å². The number of hydrogen-bond acceptors (Lipinski definition) is 6. The highest BCUT2D eigenvalue weighted by Crippen LogP contribution is 2.38. The first kappa shape index (κ1) is 17.6. The summed E-state index contributed by atoms with van der Waals surface area (Å²) in [7, 11) is 2.54. The van der Waals surface area contributed by atoms with Gasteiger partial charge in [-0.2, -0.15) is 0 Å². The van der Waals surface area contributed by atoms with Gasteiger partial charge in [0.2, 0.25) is 0 Å². The lowest BCUT2D eigenvalue weighted by molar-refractivity contribution is -0.132. The van der Waals surface area contributed by atoms with Crippen molar-refractivity contribution in [2.24, 2.45) is 0 Å². The molecule has 1 heterocycles. The molecule has 1 N–H and O–H groups in total. The molecule has 0 aliphatic carbocycles. The lowest BCUT2D eigenvalue weighted by atomic mass is 10.0. The molecule has 0 aromatic heterocycles. The van der Waals surface area contributed by atoms with E-state index in [4.69, 9.17) is 9.47 Å². The van der Waals surface area contributed by atoms with Gasteiger partial charge < -0.3 is 24.4 Å². The first-order chi connectivity index (χ1) is 11.3. The fourth-order valence-corrected chi connectivity index (χ4v) is 2.38. The topological polar surface area (TPSA) is 94.2 Å². The van der Waals surface area contributed by atoms with Crippen molar-refractivity contribution >= 4 is 23.7 Å². The summed E-state index contributed by atoms with van der Waals surface area (Å²) in [6, 6.07) is 4.73. The van der Waals surface area contributed by atoms with E-state index in [1.165, 1.54) is 25.2 Å². The second-order valence-corrected chi connectivity index (χ2v) is 5.66. The molecule has 0 unspecified atom stereocenters. The predicted octanol–water partition coefficient (Wildman–Crippen LogP) is 1.33. The zero-order chi connectivity index (χ0) is 17.9. The van der Waals surface area contributed by atoms with Crippen LogP contribution in [0.25, 0.3) is 0 Å². The Labute approximate surface area is 139 Å². The molecule has 1 aliphatic rings. The molecule has 8 nitrogen and oxygen atoms in total. The molecule has 0 spiro atoms. The number of esters is 1. The van der Waals surface area contributed by atoms with E-state index >= 15 is 0 Å². The summed E-state index contributed by atoms with van der Waals surface area (Å²) in [6.45, 7) is 3.72. The monoisotopic (exact) mass is 336 g/mol. The molecule has 0 fully saturated rings. The van der Waals surface area contributed by atoms with E-state index in [1.54, 1.807) is 26.0 Å². The zero-order valence-electron chi connectivity index (χ0n) is 14.0. The number of nitrogens with zero attached hydrogens (tertiary/aromatic N) is 1. The molecule has 1 aromatic carbocycles. The Balaban J connectivity index is 2.32. The van der Waals surface area contributed by atoms with Crippen LogP contribution in [0, 0.1) is 0 Å². The summed E-state index contributed by atoms with van der Waals surface area (Å²) in [5, 5.41) is 2.52. The lowest BCUT2D eigenvalue weighted by Gasteiger charge is -2.38. The smallest absolute Gasteiger partial charge is 0.406 e. The van der Waals surface area contributed by atoms with Crippen LogP contribution in [0.4, 0.5) is 10.5 Å². The van der Waals surface area contributed by atoms with Gasteiger partial charge in [-0.1, -0.05) is 0 Å². The molecule has 2 rings (SSSR count). The normalized spacial score (nSPS) is 15.2. The first-order valence-electron chi connectivity index (χ1n) is 7.35. The van der Waals surface area contributed by atoms with Gasteiger partial charge in [0, 0.05) is 13.1 Å². The summed E-state index contributed by atoms with van der Waals surface area (Å²) < 4.78 is 14.9. The van der Waals surface area contributed by atoms with Crippen LogP contribution in [0.5, 0.6) is 5.75 Å². The molecule has 1 aliphatic heterocycles. The van der Waals surface area contributed by atoms with Gasteiger partial charge in [0.15, 0.2) is 5.60 Å². The fraction of sp³-hybridized carbons (Fsp3) is 0.438. The summed E-state index contributed by atoms with van der Waals surface area (Å²) in [6.07, 6.45) is -0.585. The number of carbonyl (C=O) groups is 3. The van der Waals surface area contributed by atoms with Gasteiger partial charge in [-0.25, -0.2) is 9.59 Å². The maximum absolute atomic E-state index is 12.6. The van der Waals surface area contributed by atoms with Crippen LogP contribution in [-0.2, 0) is 14.3 Å². The molecule has 2 amide bonds. The number of fused-ring (bicyclic) bond motifs is 1. The van der Waals surface area contributed by atoms with E-state index in [0.29, 0.717) is 17.0 Å². The molecule has 0 saturated carbocycles. The number of amides is 2. The number of methoxy groups -OCH3 is 2. The number of carbonyl (C=O) groups excluding carboxylic acids is 3. The molecular formula is C16H20N2O6. The average Bonchev–Trinajstić information content (AvgIpc) is 2.56. The zero-order valence-corrected chi connectivity index (χ0v) is 14.0. The molecule has 0 bridgehead atoms. The van der Waals surface area contributed by atoms with Crippen molar-refractivity contribution in [1.29, 1.82) is 0 Å². The Hall–Kier alpha value is -2.77. The predicted molar refractivity (Wildman–Crippen MR) is 85.2 cm³/mol. The van der Waals surface area contributed by atoms with E-state index < -0.39 is 17.7 Å². The summed E-state index contributed by atoms with van der Waals surface area (Å²) in [5.74, 6) is -0.309. The third kappa shape index (κ3) is 3.42. The van der Waals surface area contributed by atoms with Crippen LogP contribution < -0.4 is 15.0 Å². The molecule has 130 valence electrons. The van der Waals surface area contributed by atoms with Gasteiger partial charge in [0.1, 0.15) is 5.75 Å². The third-order valence-corrected chi connectivity index (χ3v) is 3.59. The Morgan fingerprint density at radius 2 is 1.96 bits per heavy atom. The number of anilines is 1. The molecule has 8 heteroatoms. The van der Waals surface area contributed by atoms with Gasteiger partial charge in [-0.05, 0) is 32.0 Å². The Bertz CT molecular complexity index is 671. The molecule has 1 aromatic rings. The Morgan fingerprint density at radius 1 is 1.25 bits per heavy atom. The number of hydrogen-bond donors (Lipinski definition) is 1. The minimum atomic E-state index is -1.05. The number of nitrogens with one attached hydrogen (secondary N) is 1. The third-order valence-electron chi connectivity index (χ3n) is 3.59. The van der Waals surface area contributed by atoms with E-state index in [0.717, 1.165) is 0 Å². The Kier molecular flexibility index (Phi) is 4.96. The van der Waals surface area contributed by atoms with Crippen molar-refractivity contribution in [1.82, 2.24) is 5.32 Å². The molecular weight excluding hydrogens is 316 g/mol. The maximum Gasteiger partial charge on any atom is 0.406 e. The van der Waals surface area contributed by atoms with Crippen molar-refractivity contribution in [3.8, 4) is 5.75 Å².